The predicted molar refractivity (Wildman–Crippen MR) is 118 cm³/mol. The van der Waals surface area contributed by atoms with E-state index in [1.165, 1.54) is 0 Å². The highest BCUT2D eigenvalue weighted by Crippen LogP contribution is 2.39. The number of benzene rings is 1. The second-order valence-corrected chi connectivity index (χ2v) is 8.36. The number of rotatable bonds is 5. The van der Waals surface area contributed by atoms with E-state index in [0.29, 0.717) is 24.8 Å². The molecule has 1 saturated heterocycles. The number of carbonyl (C=O) groups is 1. The summed E-state index contributed by atoms with van der Waals surface area (Å²) in [6, 6.07) is 11.7. The lowest BCUT2D eigenvalue weighted by molar-refractivity contribution is 0.0746. The standard InChI is InChI=1S/C23H26N6O2/c1-27(2)19-5-3-4-17(14-19)23(30)29-12-10-28(11-13-29)20-9-8-18(15-24-20)21-25-22(31-26-21)16-6-7-16/h3-5,8-9,14-16H,6-7,10-13H2,1-2H3. The maximum atomic E-state index is 12.9. The van der Waals surface area contributed by atoms with Crippen LogP contribution in [0.3, 0.4) is 0 Å². The van der Waals surface area contributed by atoms with Gasteiger partial charge in [0.05, 0.1) is 0 Å². The smallest absolute Gasteiger partial charge is 0.254 e. The van der Waals surface area contributed by atoms with Gasteiger partial charge in [0.15, 0.2) is 0 Å². The van der Waals surface area contributed by atoms with Gasteiger partial charge in [-0.15, -0.1) is 0 Å². The molecule has 0 unspecified atom stereocenters. The van der Waals surface area contributed by atoms with Crippen molar-refractivity contribution in [2.45, 2.75) is 18.8 Å². The second kappa shape index (κ2) is 8.02. The number of nitrogens with zero attached hydrogens (tertiary/aromatic N) is 6. The normalized spacial score (nSPS) is 16.5. The first-order chi connectivity index (χ1) is 15.1. The van der Waals surface area contributed by atoms with Crippen molar-refractivity contribution in [1.29, 1.82) is 0 Å². The Kier molecular flexibility index (Phi) is 5.05. The monoisotopic (exact) mass is 418 g/mol. The van der Waals surface area contributed by atoms with E-state index in [9.17, 15) is 4.79 Å². The first kappa shape index (κ1) is 19.5. The van der Waals surface area contributed by atoms with Gasteiger partial charge in [0.2, 0.25) is 11.7 Å². The Morgan fingerprint density at radius 3 is 2.58 bits per heavy atom. The lowest BCUT2D eigenvalue weighted by Crippen LogP contribution is -2.49. The molecule has 0 N–H and O–H groups in total. The summed E-state index contributed by atoms with van der Waals surface area (Å²) in [6.07, 6.45) is 4.06. The first-order valence-corrected chi connectivity index (χ1v) is 10.7. The molecule has 0 atom stereocenters. The van der Waals surface area contributed by atoms with Gasteiger partial charge in [0, 0.05) is 69.2 Å². The van der Waals surface area contributed by atoms with Crippen molar-refractivity contribution in [2.24, 2.45) is 0 Å². The minimum absolute atomic E-state index is 0.0789. The average molecular weight is 419 g/mol. The minimum Gasteiger partial charge on any atom is -0.378 e. The molecule has 1 amide bonds. The van der Waals surface area contributed by atoms with Crippen LogP contribution in [-0.4, -0.2) is 66.2 Å². The van der Waals surface area contributed by atoms with E-state index < -0.39 is 0 Å². The summed E-state index contributed by atoms with van der Waals surface area (Å²) in [4.78, 5) is 28.1. The van der Waals surface area contributed by atoms with E-state index in [0.717, 1.165) is 54.5 Å². The van der Waals surface area contributed by atoms with Gasteiger partial charge in [-0.25, -0.2) is 4.98 Å². The molecule has 0 radical (unpaired) electrons. The molecule has 2 aliphatic rings. The average Bonchev–Trinajstić information content (AvgIpc) is 3.55. The van der Waals surface area contributed by atoms with E-state index in [1.807, 2.05) is 60.3 Å². The van der Waals surface area contributed by atoms with Crippen molar-refractivity contribution in [3.8, 4) is 11.4 Å². The van der Waals surface area contributed by atoms with Crippen LogP contribution >= 0.6 is 0 Å². The topological polar surface area (TPSA) is 78.6 Å². The van der Waals surface area contributed by atoms with Crippen molar-refractivity contribution >= 4 is 17.4 Å². The molecule has 1 saturated carbocycles. The summed E-state index contributed by atoms with van der Waals surface area (Å²) in [5, 5.41) is 4.08. The molecule has 2 fully saturated rings. The molecule has 2 aromatic heterocycles. The maximum absolute atomic E-state index is 12.9. The van der Waals surface area contributed by atoms with Crippen LogP contribution in [0.4, 0.5) is 11.5 Å². The minimum atomic E-state index is 0.0789. The molecular weight excluding hydrogens is 392 g/mol. The van der Waals surface area contributed by atoms with Gasteiger partial charge >= 0.3 is 0 Å². The molecule has 1 aliphatic carbocycles. The van der Waals surface area contributed by atoms with Crippen LogP contribution in [0.25, 0.3) is 11.4 Å². The van der Waals surface area contributed by atoms with Crippen molar-refractivity contribution in [3.63, 3.8) is 0 Å². The largest absolute Gasteiger partial charge is 0.378 e. The van der Waals surface area contributed by atoms with Crippen LogP contribution in [-0.2, 0) is 0 Å². The molecule has 8 nitrogen and oxygen atoms in total. The first-order valence-electron chi connectivity index (χ1n) is 10.7. The second-order valence-electron chi connectivity index (χ2n) is 8.36. The highest BCUT2D eigenvalue weighted by molar-refractivity contribution is 5.95. The maximum Gasteiger partial charge on any atom is 0.254 e. The fraction of sp³-hybridized carbons (Fsp3) is 0.391. The van der Waals surface area contributed by atoms with E-state index in [2.05, 4.69) is 20.0 Å². The Labute approximate surface area is 181 Å². The number of amides is 1. The summed E-state index contributed by atoms with van der Waals surface area (Å²) >= 11 is 0. The number of aromatic nitrogens is 3. The van der Waals surface area contributed by atoms with Gasteiger partial charge in [-0.2, -0.15) is 4.98 Å². The number of pyridine rings is 1. The number of hydrogen-bond donors (Lipinski definition) is 0. The van der Waals surface area contributed by atoms with Gasteiger partial charge in [0.25, 0.3) is 5.91 Å². The fourth-order valence-electron chi connectivity index (χ4n) is 3.79. The predicted octanol–water partition coefficient (Wildman–Crippen LogP) is 3.04. The van der Waals surface area contributed by atoms with Gasteiger partial charge in [-0.1, -0.05) is 11.2 Å². The fourth-order valence-corrected chi connectivity index (χ4v) is 3.79. The molecule has 1 aromatic carbocycles. The summed E-state index contributed by atoms with van der Waals surface area (Å²) in [7, 11) is 3.96. The zero-order valence-electron chi connectivity index (χ0n) is 17.9. The Morgan fingerprint density at radius 1 is 1.10 bits per heavy atom. The number of anilines is 2. The lowest BCUT2D eigenvalue weighted by atomic mass is 10.1. The van der Waals surface area contributed by atoms with E-state index >= 15 is 0 Å². The van der Waals surface area contributed by atoms with Crippen molar-refractivity contribution in [2.75, 3.05) is 50.1 Å². The van der Waals surface area contributed by atoms with E-state index in [1.54, 1.807) is 6.20 Å². The van der Waals surface area contributed by atoms with Crippen LogP contribution in [0.2, 0.25) is 0 Å². The lowest BCUT2D eigenvalue weighted by Gasteiger charge is -2.35. The van der Waals surface area contributed by atoms with Gasteiger partial charge < -0.3 is 19.2 Å². The van der Waals surface area contributed by atoms with Gasteiger partial charge in [-0.3, -0.25) is 4.79 Å². The third-order valence-electron chi connectivity index (χ3n) is 5.87. The molecule has 5 rings (SSSR count). The molecule has 31 heavy (non-hydrogen) atoms. The van der Waals surface area contributed by atoms with Crippen molar-refractivity contribution < 1.29 is 9.32 Å². The van der Waals surface area contributed by atoms with E-state index in [-0.39, 0.29) is 5.91 Å². The van der Waals surface area contributed by atoms with Gasteiger partial charge in [-0.05, 0) is 43.2 Å². The number of piperazine rings is 1. The molecule has 8 heteroatoms. The molecule has 3 aromatic rings. The zero-order chi connectivity index (χ0) is 21.4. The quantitative estimate of drug-likeness (QED) is 0.630. The van der Waals surface area contributed by atoms with Crippen LogP contribution in [0.5, 0.6) is 0 Å². The number of carbonyl (C=O) groups excluding carboxylic acids is 1. The molecule has 0 bridgehead atoms. The van der Waals surface area contributed by atoms with Crippen LogP contribution < -0.4 is 9.80 Å². The Morgan fingerprint density at radius 2 is 1.90 bits per heavy atom. The zero-order valence-corrected chi connectivity index (χ0v) is 17.9. The third-order valence-corrected chi connectivity index (χ3v) is 5.87. The molecule has 1 aliphatic heterocycles. The Hall–Kier alpha value is -3.42. The van der Waals surface area contributed by atoms with Crippen LogP contribution in [0.1, 0.15) is 35.0 Å². The van der Waals surface area contributed by atoms with Crippen LogP contribution in [0, 0.1) is 0 Å². The SMILES string of the molecule is CN(C)c1cccc(C(=O)N2CCN(c3ccc(-c4noc(C5CC5)n4)cn3)CC2)c1. The highest BCUT2D eigenvalue weighted by Gasteiger charge is 2.30. The third kappa shape index (κ3) is 4.10. The molecule has 0 spiro atoms. The summed E-state index contributed by atoms with van der Waals surface area (Å²) in [5.74, 6) is 2.75. The molecule has 3 heterocycles. The molecular formula is C23H26N6O2. The summed E-state index contributed by atoms with van der Waals surface area (Å²) in [6.45, 7) is 2.84. The van der Waals surface area contributed by atoms with Gasteiger partial charge in [0.1, 0.15) is 5.82 Å². The Balaban J connectivity index is 1.21. The van der Waals surface area contributed by atoms with Crippen molar-refractivity contribution in [1.82, 2.24) is 20.0 Å². The highest BCUT2D eigenvalue weighted by atomic mass is 16.5. The summed E-state index contributed by atoms with van der Waals surface area (Å²) in [5.41, 5.74) is 2.61. The molecule has 160 valence electrons. The number of hydrogen-bond acceptors (Lipinski definition) is 7. The van der Waals surface area contributed by atoms with Crippen LogP contribution in [0.15, 0.2) is 47.1 Å². The van der Waals surface area contributed by atoms with Crippen molar-refractivity contribution in [3.05, 3.63) is 54.0 Å². The Bertz CT molecular complexity index is 1070. The van der Waals surface area contributed by atoms with E-state index in [4.69, 9.17) is 4.52 Å². The summed E-state index contributed by atoms with van der Waals surface area (Å²) < 4.78 is 5.34.